The second-order valence-corrected chi connectivity index (χ2v) is 21.3. The maximum atomic E-state index is 12.9. The van der Waals surface area contributed by atoms with Crippen LogP contribution >= 0.6 is 0 Å². The number of quaternary nitrogens is 1. The second kappa shape index (κ2) is 59.3. The molecule has 0 radical (unpaired) electrons. The van der Waals surface area contributed by atoms with E-state index < -0.39 is 24.3 Å². The van der Waals surface area contributed by atoms with Crippen molar-refractivity contribution in [3.63, 3.8) is 0 Å². The van der Waals surface area contributed by atoms with Gasteiger partial charge >= 0.3 is 11.9 Å². The third kappa shape index (κ3) is 60.7. The number of rotatable bonds is 55. The number of esters is 2. The molecule has 0 aliphatic rings. The first-order valence-electron chi connectivity index (χ1n) is 31.0. The lowest BCUT2D eigenvalue weighted by Gasteiger charge is -2.26. The number of hydrogen-bond donors (Lipinski definition) is 0. The molecule has 0 aliphatic heterocycles. The van der Waals surface area contributed by atoms with Crippen molar-refractivity contribution in [2.45, 2.75) is 232 Å². The first-order valence-corrected chi connectivity index (χ1v) is 31.0. The largest absolute Gasteiger partial charge is 0.545 e. The van der Waals surface area contributed by atoms with Crippen LogP contribution in [0.1, 0.15) is 219 Å². The van der Waals surface area contributed by atoms with Gasteiger partial charge in [0.15, 0.2) is 12.4 Å². The Kier molecular flexibility index (Phi) is 55.7. The molecule has 2 atom stereocenters. The average molecular weight is 1100 g/mol. The summed E-state index contributed by atoms with van der Waals surface area (Å²) in [5.74, 6) is -2.32. The molecule has 9 nitrogen and oxygen atoms in total. The number of aliphatic carboxylic acids is 1. The minimum atomic E-state index is -1.63. The molecule has 0 heterocycles. The lowest BCUT2D eigenvalue weighted by atomic mass is 10.0. The second-order valence-electron chi connectivity index (χ2n) is 21.3. The van der Waals surface area contributed by atoms with Crippen LogP contribution in [0, 0.1) is 0 Å². The van der Waals surface area contributed by atoms with Crippen LogP contribution in [-0.2, 0) is 33.3 Å². The lowest BCUT2D eigenvalue weighted by molar-refractivity contribution is -0.870. The van der Waals surface area contributed by atoms with Crippen molar-refractivity contribution in [2.75, 3.05) is 47.5 Å². The summed E-state index contributed by atoms with van der Waals surface area (Å²) in [4.78, 5) is 37.2. The third-order valence-corrected chi connectivity index (χ3v) is 12.6. The number of nitrogens with zero attached hydrogens (tertiary/aromatic N) is 1. The van der Waals surface area contributed by atoms with Gasteiger partial charge in [0.2, 0.25) is 0 Å². The molecule has 9 heteroatoms. The standard InChI is InChI=1S/C70H113NO8/c1-6-8-10-12-14-16-18-20-21-22-23-24-25-26-27-28-29-30-31-32-33-34-35-36-37-38-39-40-41-42-43-44-45-46-47-49-51-53-55-57-59-61-68(73)79-66(65-78-70(69(74)75)76-63-62-71(3,4)5)64-77-67(72)60-58-56-54-52-50-48-19-17-15-13-11-9-7-2/h8,10-11,13-14,16-17,19-21,23-24,26-27,29-30,32-33,35-36,38-39,41-42,66,70H,6-7,9,12,15,18,22,25,28,31,34,37,40,43-65H2,1-5H3/b10-8-,13-11-,16-14-,19-17-,21-20-,24-23-,27-26-,30-29-,33-32-,36-35-,39-38-,42-41-. The monoisotopic (exact) mass is 1100 g/mol. The SMILES string of the molecule is CC/C=C\C/C=C\C/C=C\C/C=C\C/C=C\C/C=C\C/C=C\C/C=C\C/C=C\C/C=C\CCCCCCCCCCCCC(=O)OC(COC(=O)CCCCCCC/C=C\C/C=C\CCC)COC(OCC[N+](C)(C)C)C(=O)[O-]. The van der Waals surface area contributed by atoms with Gasteiger partial charge in [-0.25, -0.2) is 0 Å². The fourth-order valence-electron chi connectivity index (χ4n) is 7.84. The van der Waals surface area contributed by atoms with E-state index in [1.165, 1.54) is 44.9 Å². The summed E-state index contributed by atoms with van der Waals surface area (Å²) in [5.41, 5.74) is 0. The van der Waals surface area contributed by atoms with Crippen LogP contribution in [0.5, 0.6) is 0 Å². The molecule has 0 saturated carbocycles. The zero-order valence-electron chi connectivity index (χ0n) is 50.7. The molecule has 0 fully saturated rings. The summed E-state index contributed by atoms with van der Waals surface area (Å²) in [6.45, 7) is 4.52. The number of hydrogen-bond acceptors (Lipinski definition) is 8. The molecule has 0 N–H and O–H groups in total. The van der Waals surface area contributed by atoms with Crippen molar-refractivity contribution in [1.29, 1.82) is 0 Å². The van der Waals surface area contributed by atoms with Crippen molar-refractivity contribution >= 4 is 17.9 Å². The van der Waals surface area contributed by atoms with E-state index in [4.69, 9.17) is 18.9 Å². The molecule has 446 valence electrons. The van der Waals surface area contributed by atoms with E-state index in [2.05, 4.69) is 160 Å². The van der Waals surface area contributed by atoms with Crippen LogP contribution in [0.25, 0.3) is 0 Å². The van der Waals surface area contributed by atoms with E-state index in [0.717, 1.165) is 135 Å². The lowest BCUT2D eigenvalue weighted by Crippen LogP contribution is -2.44. The number of ether oxygens (including phenoxy) is 4. The Morgan fingerprint density at radius 3 is 1.08 bits per heavy atom. The highest BCUT2D eigenvalue weighted by atomic mass is 16.7. The van der Waals surface area contributed by atoms with E-state index in [1.807, 2.05) is 21.1 Å². The van der Waals surface area contributed by atoms with Gasteiger partial charge in [-0.15, -0.1) is 0 Å². The van der Waals surface area contributed by atoms with Gasteiger partial charge in [0.1, 0.15) is 13.2 Å². The van der Waals surface area contributed by atoms with Crippen molar-refractivity contribution in [3.05, 3.63) is 146 Å². The molecule has 0 rings (SSSR count). The Balaban J connectivity index is 4.13. The van der Waals surface area contributed by atoms with Crippen LogP contribution in [0.2, 0.25) is 0 Å². The molecule has 0 aromatic carbocycles. The Hall–Kier alpha value is -4.83. The topological polar surface area (TPSA) is 111 Å². The Bertz CT molecular complexity index is 1800. The molecule has 0 amide bonds. The van der Waals surface area contributed by atoms with E-state index in [-0.39, 0.29) is 38.6 Å². The number of allylic oxidation sites excluding steroid dienone is 24. The van der Waals surface area contributed by atoms with Crippen LogP contribution < -0.4 is 5.11 Å². The van der Waals surface area contributed by atoms with Gasteiger partial charge in [-0.3, -0.25) is 9.59 Å². The number of carbonyl (C=O) groups excluding carboxylic acids is 3. The Morgan fingerprint density at radius 2 is 0.722 bits per heavy atom. The average Bonchev–Trinajstić information content (AvgIpc) is 3.42. The summed E-state index contributed by atoms with van der Waals surface area (Å²) in [5, 5.41) is 11.8. The zero-order valence-corrected chi connectivity index (χ0v) is 50.7. The maximum Gasteiger partial charge on any atom is 0.306 e. The molecule has 0 spiro atoms. The van der Waals surface area contributed by atoms with Gasteiger partial charge in [-0.05, 0) is 116 Å². The summed E-state index contributed by atoms with van der Waals surface area (Å²) in [6, 6.07) is 0. The summed E-state index contributed by atoms with van der Waals surface area (Å²) in [7, 11) is 5.90. The van der Waals surface area contributed by atoms with Gasteiger partial charge in [0, 0.05) is 12.8 Å². The van der Waals surface area contributed by atoms with Crippen LogP contribution in [0.15, 0.2) is 146 Å². The molecular formula is C70H113NO8. The molecule has 0 aromatic heterocycles. The molecular weight excluding hydrogens is 983 g/mol. The van der Waals surface area contributed by atoms with Crippen molar-refractivity contribution in [1.82, 2.24) is 0 Å². The predicted molar refractivity (Wildman–Crippen MR) is 333 cm³/mol. The zero-order chi connectivity index (χ0) is 57.6. The van der Waals surface area contributed by atoms with Gasteiger partial charge in [-0.2, -0.15) is 0 Å². The molecule has 0 aromatic rings. The van der Waals surface area contributed by atoms with Gasteiger partial charge in [0.05, 0.1) is 40.3 Å². The highest BCUT2D eigenvalue weighted by Gasteiger charge is 2.22. The quantitative estimate of drug-likeness (QED) is 0.0195. The molecule has 0 saturated heterocycles. The minimum Gasteiger partial charge on any atom is -0.545 e. The van der Waals surface area contributed by atoms with Crippen molar-refractivity contribution < 1.29 is 42.9 Å². The number of likely N-dealkylation sites (N-methyl/N-ethyl adjacent to an activating group) is 1. The first kappa shape index (κ1) is 74.2. The smallest absolute Gasteiger partial charge is 0.306 e. The fraction of sp³-hybridized carbons (Fsp3) is 0.614. The fourth-order valence-corrected chi connectivity index (χ4v) is 7.84. The highest BCUT2D eigenvalue weighted by molar-refractivity contribution is 5.70. The number of carboxylic acids is 1. The summed E-state index contributed by atoms with van der Waals surface area (Å²) in [6.07, 6.45) is 83.4. The van der Waals surface area contributed by atoms with E-state index >= 15 is 0 Å². The van der Waals surface area contributed by atoms with Gasteiger partial charge < -0.3 is 33.3 Å². The highest BCUT2D eigenvalue weighted by Crippen LogP contribution is 2.14. The maximum absolute atomic E-state index is 12.9. The first-order chi connectivity index (χ1) is 38.6. The summed E-state index contributed by atoms with van der Waals surface area (Å²) < 4.78 is 22.6. The van der Waals surface area contributed by atoms with E-state index in [9.17, 15) is 19.5 Å². The Morgan fingerprint density at radius 1 is 0.392 bits per heavy atom. The number of carbonyl (C=O) groups is 3. The van der Waals surface area contributed by atoms with Crippen LogP contribution in [0.3, 0.4) is 0 Å². The van der Waals surface area contributed by atoms with E-state index in [1.54, 1.807) is 0 Å². The van der Waals surface area contributed by atoms with Crippen molar-refractivity contribution in [2.24, 2.45) is 0 Å². The molecule has 2 unspecified atom stereocenters. The number of unbranched alkanes of at least 4 members (excludes halogenated alkanes) is 16. The Labute approximate surface area is 483 Å². The van der Waals surface area contributed by atoms with Gasteiger partial charge in [-0.1, -0.05) is 237 Å². The van der Waals surface area contributed by atoms with Crippen molar-refractivity contribution in [3.8, 4) is 0 Å². The minimum absolute atomic E-state index is 0.138. The van der Waals surface area contributed by atoms with Crippen LogP contribution in [-0.4, -0.2) is 82.3 Å². The number of carboxylic acid groups (broad SMARTS) is 1. The third-order valence-electron chi connectivity index (χ3n) is 12.6. The summed E-state index contributed by atoms with van der Waals surface area (Å²) >= 11 is 0. The molecule has 0 aliphatic carbocycles. The normalized spacial score (nSPS) is 13.8. The molecule has 0 bridgehead atoms. The molecule has 79 heavy (non-hydrogen) atoms. The van der Waals surface area contributed by atoms with Gasteiger partial charge in [0.25, 0.3) is 0 Å². The van der Waals surface area contributed by atoms with E-state index in [0.29, 0.717) is 23.9 Å². The predicted octanol–water partition coefficient (Wildman–Crippen LogP) is 17.5. The van der Waals surface area contributed by atoms with Crippen LogP contribution in [0.4, 0.5) is 0 Å².